The summed E-state index contributed by atoms with van der Waals surface area (Å²) in [5, 5.41) is 9.04. The lowest BCUT2D eigenvalue weighted by molar-refractivity contribution is 0.204. The maximum atomic E-state index is 9.04. The maximum Gasteiger partial charge on any atom is 0.0562 e. The smallest absolute Gasteiger partial charge is 0.0562 e. The van der Waals surface area contributed by atoms with Gasteiger partial charge in [-0.1, -0.05) is 56.4 Å². The minimum atomic E-state index is 0.237. The number of hydroxylamine groups is 1. The summed E-state index contributed by atoms with van der Waals surface area (Å²) < 4.78 is 0. The van der Waals surface area contributed by atoms with Gasteiger partial charge in [-0.25, -0.2) is 0 Å². The molecule has 3 nitrogen and oxygen atoms in total. The number of rotatable bonds is 8. The molecule has 0 amide bonds. The van der Waals surface area contributed by atoms with Gasteiger partial charge in [0.1, 0.15) is 0 Å². The van der Waals surface area contributed by atoms with Crippen LogP contribution in [-0.2, 0) is 0 Å². The van der Waals surface area contributed by atoms with E-state index in [4.69, 9.17) is 5.21 Å². The van der Waals surface area contributed by atoms with Crippen molar-refractivity contribution in [3.8, 4) is 0 Å². The van der Waals surface area contributed by atoms with E-state index in [9.17, 15) is 0 Å². The lowest BCUT2D eigenvalue weighted by Gasteiger charge is -2.15. The summed E-state index contributed by atoms with van der Waals surface area (Å²) in [5.41, 5.74) is 7.47. The fourth-order valence-electron chi connectivity index (χ4n) is 2.38. The van der Waals surface area contributed by atoms with Gasteiger partial charge in [-0.05, 0) is 48.6 Å². The molecule has 0 unspecified atom stereocenters. The van der Waals surface area contributed by atoms with E-state index in [1.54, 1.807) is 0 Å². The highest BCUT2D eigenvalue weighted by Crippen LogP contribution is 2.25. The van der Waals surface area contributed by atoms with E-state index < -0.39 is 0 Å². The summed E-state index contributed by atoms with van der Waals surface area (Å²) >= 11 is 0. The predicted molar refractivity (Wildman–Crippen MR) is 105 cm³/mol. The number of hydrogen-bond acceptors (Lipinski definition) is 3. The number of nitrogens with zero attached hydrogens (tertiary/aromatic N) is 1. The third-order valence-corrected chi connectivity index (χ3v) is 3.90. The van der Waals surface area contributed by atoms with Crippen LogP contribution in [-0.4, -0.2) is 19.3 Å². The van der Waals surface area contributed by atoms with Gasteiger partial charge in [-0.3, -0.25) is 10.7 Å². The third-order valence-electron chi connectivity index (χ3n) is 3.90. The average molecular weight is 326 g/mol. The second-order valence-corrected chi connectivity index (χ2v) is 6.18. The molecule has 3 heteroatoms. The van der Waals surface area contributed by atoms with Crippen molar-refractivity contribution in [2.24, 2.45) is 5.92 Å². The Bertz CT molecular complexity index is 622. The summed E-state index contributed by atoms with van der Waals surface area (Å²) in [6, 6.07) is 8.45. The standard InChI is InChI=1S/C21H30N2O/c1-7-8-20(22-24)12-9-16(2)15-17(3)18(4)19-10-13-21(14-11-19)23(5)6/h8-15,17,22,24H,4,7H2,1-3,5-6H3/b12-9+,16-15+,20-8+/t17-/m1/s1. The second-order valence-electron chi connectivity index (χ2n) is 6.18. The first-order valence-corrected chi connectivity index (χ1v) is 8.32. The molecule has 0 aliphatic heterocycles. The van der Waals surface area contributed by atoms with Crippen LogP contribution < -0.4 is 10.4 Å². The predicted octanol–water partition coefficient (Wildman–Crippen LogP) is 5.18. The molecule has 0 spiro atoms. The third kappa shape index (κ3) is 6.09. The molecule has 1 aromatic rings. The molecule has 1 aromatic carbocycles. The van der Waals surface area contributed by atoms with Crippen molar-refractivity contribution in [1.29, 1.82) is 0 Å². The Morgan fingerprint density at radius 2 is 1.88 bits per heavy atom. The van der Waals surface area contributed by atoms with Crippen molar-refractivity contribution < 1.29 is 5.21 Å². The SMILES string of the molecule is C=C(c1ccc(N(C)C)cc1)[C@H](C)/C=C(C)/C=C/C(=C\CC)NO. The molecule has 1 rings (SSSR count). The molecule has 0 aromatic heterocycles. The highest BCUT2D eigenvalue weighted by atomic mass is 16.5. The Kier molecular flexibility index (Phi) is 8.07. The van der Waals surface area contributed by atoms with Crippen LogP contribution in [0.25, 0.3) is 5.57 Å². The maximum absolute atomic E-state index is 9.04. The van der Waals surface area contributed by atoms with Crippen LogP contribution in [0.2, 0.25) is 0 Å². The number of anilines is 1. The van der Waals surface area contributed by atoms with Gasteiger partial charge in [-0.15, -0.1) is 0 Å². The molecule has 2 N–H and O–H groups in total. The minimum Gasteiger partial charge on any atom is -0.378 e. The first kappa shape index (κ1) is 19.8. The van der Waals surface area contributed by atoms with Crippen LogP contribution in [0.15, 0.2) is 66.4 Å². The van der Waals surface area contributed by atoms with Crippen molar-refractivity contribution in [2.75, 3.05) is 19.0 Å². The Morgan fingerprint density at radius 3 is 2.38 bits per heavy atom. The number of nitrogens with one attached hydrogen (secondary N) is 1. The summed E-state index contributed by atoms with van der Waals surface area (Å²) in [4.78, 5) is 2.08. The number of benzene rings is 1. The highest BCUT2D eigenvalue weighted by molar-refractivity contribution is 5.68. The Morgan fingerprint density at radius 1 is 1.25 bits per heavy atom. The van der Waals surface area contributed by atoms with Crippen molar-refractivity contribution in [3.05, 3.63) is 72.0 Å². The zero-order valence-electron chi connectivity index (χ0n) is 15.5. The summed E-state index contributed by atoms with van der Waals surface area (Å²) in [5.74, 6) is 0.237. The molecule has 0 fully saturated rings. The molecule has 0 saturated heterocycles. The van der Waals surface area contributed by atoms with Crippen LogP contribution in [0.3, 0.4) is 0 Å². The fraction of sp³-hybridized carbons (Fsp3) is 0.333. The monoisotopic (exact) mass is 326 g/mol. The lowest BCUT2D eigenvalue weighted by atomic mass is 9.93. The van der Waals surface area contributed by atoms with Gasteiger partial charge in [0.2, 0.25) is 0 Å². The molecular formula is C21H30N2O. The normalized spacial score (nSPS) is 13.9. The van der Waals surface area contributed by atoms with E-state index in [1.807, 2.05) is 39.2 Å². The first-order chi connectivity index (χ1) is 11.4. The topological polar surface area (TPSA) is 35.5 Å². The lowest BCUT2D eigenvalue weighted by Crippen LogP contribution is -2.08. The molecule has 0 bridgehead atoms. The second kappa shape index (κ2) is 9.78. The van der Waals surface area contributed by atoms with Crippen molar-refractivity contribution in [3.63, 3.8) is 0 Å². The highest BCUT2D eigenvalue weighted by Gasteiger charge is 2.07. The van der Waals surface area contributed by atoms with E-state index in [0.29, 0.717) is 5.70 Å². The summed E-state index contributed by atoms with van der Waals surface area (Å²) in [6.45, 7) is 10.5. The quantitative estimate of drug-likeness (QED) is 0.510. The van der Waals surface area contributed by atoms with Gasteiger partial charge in [0.25, 0.3) is 0 Å². The summed E-state index contributed by atoms with van der Waals surface area (Å²) in [7, 11) is 4.07. The largest absolute Gasteiger partial charge is 0.378 e. The zero-order valence-corrected chi connectivity index (χ0v) is 15.5. The van der Waals surface area contributed by atoms with Gasteiger partial charge in [0, 0.05) is 19.8 Å². The van der Waals surface area contributed by atoms with Gasteiger partial charge in [-0.2, -0.15) is 0 Å². The van der Waals surface area contributed by atoms with Crippen LogP contribution in [0, 0.1) is 5.92 Å². The molecule has 0 aliphatic carbocycles. The molecule has 0 saturated carbocycles. The van der Waals surface area contributed by atoms with Crippen molar-refractivity contribution in [2.45, 2.75) is 27.2 Å². The van der Waals surface area contributed by atoms with E-state index in [-0.39, 0.29) is 5.92 Å². The van der Waals surface area contributed by atoms with E-state index in [0.717, 1.165) is 23.1 Å². The van der Waals surface area contributed by atoms with Gasteiger partial charge in [0.05, 0.1) is 5.70 Å². The number of hydrogen-bond donors (Lipinski definition) is 2. The van der Waals surface area contributed by atoms with Crippen LogP contribution in [0.5, 0.6) is 0 Å². The number of allylic oxidation sites excluding steroid dienone is 6. The summed E-state index contributed by atoms with van der Waals surface area (Å²) in [6.07, 6.45) is 8.84. The molecule has 0 radical (unpaired) electrons. The average Bonchev–Trinajstić information content (AvgIpc) is 2.57. The van der Waals surface area contributed by atoms with Crippen LogP contribution >= 0.6 is 0 Å². The molecule has 0 heterocycles. The van der Waals surface area contributed by atoms with Gasteiger partial charge in [0.15, 0.2) is 0 Å². The molecule has 24 heavy (non-hydrogen) atoms. The van der Waals surface area contributed by atoms with Crippen LogP contribution in [0.4, 0.5) is 5.69 Å². The van der Waals surface area contributed by atoms with Crippen molar-refractivity contribution in [1.82, 2.24) is 5.48 Å². The first-order valence-electron chi connectivity index (χ1n) is 8.32. The molecule has 1 atom stereocenters. The zero-order chi connectivity index (χ0) is 18.1. The molecule has 130 valence electrons. The van der Waals surface area contributed by atoms with Gasteiger partial charge < -0.3 is 4.90 Å². The van der Waals surface area contributed by atoms with E-state index in [2.05, 4.69) is 61.1 Å². The van der Waals surface area contributed by atoms with Crippen LogP contribution in [0.1, 0.15) is 32.8 Å². The molecular weight excluding hydrogens is 296 g/mol. The minimum absolute atomic E-state index is 0.237. The Hall–Kier alpha value is -2.26. The van der Waals surface area contributed by atoms with Gasteiger partial charge >= 0.3 is 0 Å². The van der Waals surface area contributed by atoms with Crippen molar-refractivity contribution >= 4 is 11.3 Å². The Labute approximate surface area is 146 Å². The van der Waals surface area contributed by atoms with E-state index in [1.165, 1.54) is 5.69 Å². The molecule has 0 aliphatic rings. The van der Waals surface area contributed by atoms with E-state index >= 15 is 0 Å². The Balaban J connectivity index is 2.81. The fourth-order valence-corrected chi connectivity index (χ4v) is 2.38.